The van der Waals surface area contributed by atoms with Crippen LogP contribution in [0.4, 0.5) is 5.82 Å². The van der Waals surface area contributed by atoms with Gasteiger partial charge < -0.3 is 10.2 Å². The van der Waals surface area contributed by atoms with Gasteiger partial charge in [-0.25, -0.2) is 4.98 Å². The molecule has 1 N–H and O–H groups in total. The lowest BCUT2D eigenvalue weighted by Crippen LogP contribution is -2.20. The van der Waals surface area contributed by atoms with E-state index in [1.54, 1.807) is 0 Å². The zero-order valence-corrected chi connectivity index (χ0v) is 12.7. The second kappa shape index (κ2) is 6.22. The molecule has 1 heterocycles. The minimum atomic E-state index is 0.695. The lowest BCUT2D eigenvalue weighted by Gasteiger charge is -2.18. The molecule has 110 valence electrons. The van der Waals surface area contributed by atoms with E-state index in [0.717, 1.165) is 24.6 Å². The first-order chi connectivity index (χ1) is 10.2. The molecule has 0 unspecified atom stereocenters. The van der Waals surface area contributed by atoms with Crippen LogP contribution < -0.4 is 10.2 Å². The number of anilines is 1. The minimum absolute atomic E-state index is 0.695. The summed E-state index contributed by atoms with van der Waals surface area (Å²) in [6.07, 6.45) is 6.26. The number of aryl methyl sites for hydroxylation is 1. The first-order valence-corrected chi connectivity index (χ1v) is 7.52. The van der Waals surface area contributed by atoms with Gasteiger partial charge in [-0.3, -0.25) is 4.98 Å². The highest BCUT2D eigenvalue weighted by atomic mass is 15.2. The van der Waals surface area contributed by atoms with E-state index in [9.17, 15) is 0 Å². The van der Waals surface area contributed by atoms with Gasteiger partial charge >= 0.3 is 0 Å². The van der Waals surface area contributed by atoms with Gasteiger partial charge in [0, 0.05) is 32.4 Å². The van der Waals surface area contributed by atoms with Crippen molar-refractivity contribution < 1.29 is 0 Å². The van der Waals surface area contributed by atoms with Gasteiger partial charge in [-0.15, -0.1) is 0 Å². The average Bonchev–Trinajstić information content (AvgIpc) is 3.30. The normalized spacial score (nSPS) is 14.2. The van der Waals surface area contributed by atoms with E-state index in [-0.39, 0.29) is 0 Å². The SMILES string of the molecule is Cc1cccc(CN(C)c2cncc(CNC3CC3)n2)c1. The Labute approximate surface area is 126 Å². The Kier molecular flexibility index (Phi) is 4.15. The summed E-state index contributed by atoms with van der Waals surface area (Å²) in [5.41, 5.74) is 3.59. The summed E-state index contributed by atoms with van der Waals surface area (Å²) in [5, 5.41) is 3.48. The molecule has 3 rings (SSSR count). The van der Waals surface area contributed by atoms with Crippen LogP contribution in [-0.2, 0) is 13.1 Å². The van der Waals surface area contributed by atoms with Crippen molar-refractivity contribution in [2.24, 2.45) is 0 Å². The molecule has 1 aromatic heterocycles. The molecule has 21 heavy (non-hydrogen) atoms. The predicted molar refractivity (Wildman–Crippen MR) is 85.2 cm³/mol. The van der Waals surface area contributed by atoms with Crippen molar-refractivity contribution in [3.05, 3.63) is 53.5 Å². The molecule has 1 fully saturated rings. The molecule has 0 atom stereocenters. The third-order valence-electron chi connectivity index (χ3n) is 3.71. The Morgan fingerprint density at radius 2 is 2.14 bits per heavy atom. The molecule has 1 saturated carbocycles. The average molecular weight is 282 g/mol. The van der Waals surface area contributed by atoms with Crippen molar-refractivity contribution in [2.75, 3.05) is 11.9 Å². The van der Waals surface area contributed by atoms with Crippen LogP contribution in [0.3, 0.4) is 0 Å². The largest absolute Gasteiger partial charge is 0.354 e. The molecule has 1 aromatic carbocycles. The molecule has 1 aliphatic carbocycles. The fourth-order valence-corrected chi connectivity index (χ4v) is 2.37. The molecule has 0 bridgehead atoms. The summed E-state index contributed by atoms with van der Waals surface area (Å²) in [6.45, 7) is 3.77. The van der Waals surface area contributed by atoms with Crippen molar-refractivity contribution >= 4 is 5.82 Å². The predicted octanol–water partition coefficient (Wildman–Crippen LogP) is 2.67. The van der Waals surface area contributed by atoms with E-state index < -0.39 is 0 Å². The highest BCUT2D eigenvalue weighted by Crippen LogP contribution is 2.19. The quantitative estimate of drug-likeness (QED) is 0.884. The molecule has 1 aliphatic rings. The summed E-state index contributed by atoms with van der Waals surface area (Å²) in [6, 6.07) is 9.27. The van der Waals surface area contributed by atoms with Crippen LogP contribution in [0.15, 0.2) is 36.7 Å². The summed E-state index contributed by atoms with van der Waals surface area (Å²) in [7, 11) is 2.06. The van der Waals surface area contributed by atoms with Crippen molar-refractivity contribution in [1.82, 2.24) is 15.3 Å². The van der Waals surface area contributed by atoms with E-state index in [0.29, 0.717) is 6.04 Å². The van der Waals surface area contributed by atoms with Gasteiger partial charge in [-0.1, -0.05) is 29.8 Å². The van der Waals surface area contributed by atoms with E-state index in [1.165, 1.54) is 24.0 Å². The Hall–Kier alpha value is -1.94. The summed E-state index contributed by atoms with van der Waals surface area (Å²) < 4.78 is 0. The van der Waals surface area contributed by atoms with Crippen LogP contribution in [0.25, 0.3) is 0 Å². The summed E-state index contributed by atoms with van der Waals surface area (Å²) in [4.78, 5) is 11.2. The molecule has 4 heteroatoms. The zero-order chi connectivity index (χ0) is 14.7. The number of aromatic nitrogens is 2. The first kappa shape index (κ1) is 14.0. The standard InChI is InChI=1S/C17H22N4/c1-13-4-3-5-14(8-13)12-21(2)17-11-18-9-16(20-17)10-19-15-6-7-15/h3-5,8-9,11,15,19H,6-7,10,12H2,1-2H3. The third kappa shape index (κ3) is 4.02. The lowest BCUT2D eigenvalue weighted by molar-refractivity contribution is 0.670. The molecular formula is C17H22N4. The monoisotopic (exact) mass is 282 g/mol. The Morgan fingerprint density at radius 1 is 1.29 bits per heavy atom. The Bertz CT molecular complexity index is 607. The fourth-order valence-electron chi connectivity index (χ4n) is 2.37. The van der Waals surface area contributed by atoms with Crippen molar-refractivity contribution in [3.8, 4) is 0 Å². The van der Waals surface area contributed by atoms with Crippen molar-refractivity contribution in [1.29, 1.82) is 0 Å². The summed E-state index contributed by atoms with van der Waals surface area (Å²) in [5.74, 6) is 0.923. The van der Waals surface area contributed by atoms with Gasteiger partial charge in [-0.2, -0.15) is 0 Å². The third-order valence-corrected chi connectivity index (χ3v) is 3.71. The van der Waals surface area contributed by atoms with Crippen molar-refractivity contribution in [2.45, 2.75) is 38.9 Å². The molecule has 0 aliphatic heterocycles. The van der Waals surface area contributed by atoms with E-state index in [2.05, 4.69) is 53.4 Å². The second-order valence-corrected chi connectivity index (χ2v) is 5.87. The molecular weight excluding hydrogens is 260 g/mol. The highest BCUT2D eigenvalue weighted by molar-refractivity contribution is 5.37. The molecule has 0 radical (unpaired) electrons. The van der Waals surface area contributed by atoms with E-state index >= 15 is 0 Å². The summed E-state index contributed by atoms with van der Waals surface area (Å²) >= 11 is 0. The first-order valence-electron chi connectivity index (χ1n) is 7.52. The van der Waals surface area contributed by atoms with Gasteiger partial charge in [0.05, 0.1) is 11.9 Å². The van der Waals surface area contributed by atoms with Gasteiger partial charge in [0.25, 0.3) is 0 Å². The van der Waals surface area contributed by atoms with E-state index in [4.69, 9.17) is 4.98 Å². The maximum atomic E-state index is 4.69. The number of benzene rings is 1. The smallest absolute Gasteiger partial charge is 0.147 e. The van der Waals surface area contributed by atoms with E-state index in [1.807, 2.05) is 12.4 Å². The molecule has 0 spiro atoms. The Balaban J connectivity index is 1.65. The van der Waals surface area contributed by atoms with Crippen LogP contribution in [0, 0.1) is 6.92 Å². The van der Waals surface area contributed by atoms with Gasteiger partial charge in [0.2, 0.25) is 0 Å². The van der Waals surface area contributed by atoms with Crippen LogP contribution in [-0.4, -0.2) is 23.1 Å². The number of nitrogens with zero attached hydrogens (tertiary/aromatic N) is 3. The molecule has 4 nitrogen and oxygen atoms in total. The zero-order valence-electron chi connectivity index (χ0n) is 12.7. The van der Waals surface area contributed by atoms with Crippen LogP contribution in [0.1, 0.15) is 29.7 Å². The number of nitrogens with one attached hydrogen (secondary N) is 1. The minimum Gasteiger partial charge on any atom is -0.354 e. The van der Waals surface area contributed by atoms with Crippen LogP contribution >= 0.6 is 0 Å². The highest BCUT2D eigenvalue weighted by Gasteiger charge is 2.20. The lowest BCUT2D eigenvalue weighted by atomic mass is 10.1. The number of hydrogen-bond donors (Lipinski definition) is 1. The fraction of sp³-hybridized carbons (Fsp3) is 0.412. The van der Waals surface area contributed by atoms with Gasteiger partial charge in [0.15, 0.2) is 0 Å². The van der Waals surface area contributed by atoms with Crippen LogP contribution in [0.2, 0.25) is 0 Å². The molecule has 0 amide bonds. The van der Waals surface area contributed by atoms with Crippen LogP contribution in [0.5, 0.6) is 0 Å². The number of rotatable bonds is 6. The Morgan fingerprint density at radius 3 is 2.90 bits per heavy atom. The van der Waals surface area contributed by atoms with Gasteiger partial charge in [-0.05, 0) is 25.3 Å². The second-order valence-electron chi connectivity index (χ2n) is 5.87. The maximum absolute atomic E-state index is 4.69. The van der Waals surface area contributed by atoms with Gasteiger partial charge in [0.1, 0.15) is 5.82 Å². The maximum Gasteiger partial charge on any atom is 0.147 e. The molecule has 0 saturated heterocycles. The number of hydrogen-bond acceptors (Lipinski definition) is 4. The topological polar surface area (TPSA) is 41.1 Å². The molecule has 2 aromatic rings. The van der Waals surface area contributed by atoms with Crippen molar-refractivity contribution in [3.63, 3.8) is 0 Å².